The molecular weight excluding hydrogens is 94.1 g/mol. The molecule has 0 aromatic rings. The summed E-state index contributed by atoms with van der Waals surface area (Å²) in [7, 11) is 0. The maximum absolute atomic E-state index is 9.26. The first-order valence-corrected chi connectivity index (χ1v) is 2.22. The predicted octanol–water partition coefficient (Wildman–Crippen LogP) is 0.172. The van der Waals surface area contributed by atoms with Crippen molar-refractivity contribution in [3.8, 4) is 0 Å². The minimum atomic E-state index is 0.770. The van der Waals surface area contributed by atoms with Gasteiger partial charge in [0, 0.05) is 6.54 Å². The fraction of sp³-hybridized carbons (Fsp3) is 1.00. The lowest BCUT2D eigenvalue weighted by molar-refractivity contribution is 0.549. The van der Waals surface area contributed by atoms with E-state index in [1.54, 1.807) is 0 Å². The van der Waals surface area contributed by atoms with Crippen molar-refractivity contribution in [3.63, 3.8) is 0 Å². The minimum absolute atomic E-state index is 0.770. The van der Waals surface area contributed by atoms with E-state index in [2.05, 4.69) is 16.2 Å². The highest BCUT2D eigenvalue weighted by atomic mass is 16.3. The van der Waals surface area contributed by atoms with E-state index in [4.69, 9.17) is 0 Å². The molecule has 0 aromatic carbocycles. The Morgan fingerprint density at radius 2 is 2.43 bits per heavy atom. The molecule has 7 heavy (non-hydrogen) atoms. The normalized spacial score (nSPS) is 8.14. The SMILES string of the molecule is CCCNNN=O. The Bertz CT molecular complexity index is 47.4. The molecule has 0 aliphatic carbocycles. The first kappa shape index (κ1) is 6.36. The quantitative estimate of drug-likeness (QED) is 0.303. The molecule has 0 unspecified atom stereocenters. The molecule has 2 N–H and O–H groups in total. The van der Waals surface area contributed by atoms with Crippen molar-refractivity contribution in [2.24, 2.45) is 5.29 Å². The molecule has 0 amide bonds. The summed E-state index contributed by atoms with van der Waals surface area (Å²) in [5.74, 6) is 0. The van der Waals surface area contributed by atoms with Gasteiger partial charge >= 0.3 is 0 Å². The van der Waals surface area contributed by atoms with E-state index < -0.39 is 0 Å². The third-order valence-electron chi connectivity index (χ3n) is 0.500. The molecule has 0 heterocycles. The Kier molecular flexibility index (Phi) is 4.87. The van der Waals surface area contributed by atoms with E-state index in [1.165, 1.54) is 0 Å². The van der Waals surface area contributed by atoms with Crippen molar-refractivity contribution in [2.75, 3.05) is 6.54 Å². The summed E-state index contributed by atoms with van der Waals surface area (Å²) in [5, 5.41) is 2.36. The molecule has 0 rings (SSSR count). The topological polar surface area (TPSA) is 53.5 Å². The second-order valence-corrected chi connectivity index (χ2v) is 1.13. The zero-order valence-electron chi connectivity index (χ0n) is 4.27. The van der Waals surface area contributed by atoms with Gasteiger partial charge in [0.15, 0.2) is 0 Å². The van der Waals surface area contributed by atoms with Crippen LogP contribution in [-0.4, -0.2) is 6.54 Å². The predicted molar refractivity (Wildman–Crippen MR) is 27.2 cm³/mol. The third kappa shape index (κ3) is 5.36. The molecule has 0 radical (unpaired) electrons. The van der Waals surface area contributed by atoms with Gasteiger partial charge in [-0.1, -0.05) is 6.92 Å². The van der Waals surface area contributed by atoms with Gasteiger partial charge in [-0.15, -0.1) is 4.91 Å². The van der Waals surface area contributed by atoms with Crippen LogP contribution in [-0.2, 0) is 0 Å². The third-order valence-corrected chi connectivity index (χ3v) is 0.500. The first-order valence-electron chi connectivity index (χ1n) is 2.22. The van der Waals surface area contributed by atoms with Crippen molar-refractivity contribution >= 4 is 0 Å². The van der Waals surface area contributed by atoms with Crippen LogP contribution in [0.3, 0.4) is 0 Å². The standard InChI is InChI=1S/C3H9N3O/c1-2-3-4-5-6-7/h2-3H2,1H3,(H,4,6)(H,5,7). The molecule has 4 nitrogen and oxygen atoms in total. The monoisotopic (exact) mass is 103 g/mol. The Morgan fingerprint density at radius 3 is 2.86 bits per heavy atom. The average molecular weight is 103 g/mol. The van der Waals surface area contributed by atoms with E-state index in [1.807, 2.05) is 6.92 Å². The Hall–Kier alpha value is -0.640. The molecule has 0 atom stereocenters. The highest BCUT2D eigenvalue weighted by Crippen LogP contribution is 1.63. The van der Waals surface area contributed by atoms with Crippen LogP contribution >= 0.6 is 0 Å². The molecule has 0 aliphatic heterocycles. The van der Waals surface area contributed by atoms with E-state index in [0.717, 1.165) is 13.0 Å². The van der Waals surface area contributed by atoms with Gasteiger partial charge in [-0.3, -0.25) is 0 Å². The molecule has 0 spiro atoms. The molecule has 0 bridgehead atoms. The minimum Gasteiger partial charge on any atom is -0.218 e. The average Bonchev–Trinajstić information content (AvgIpc) is 1.69. The molecular formula is C3H9N3O. The van der Waals surface area contributed by atoms with Gasteiger partial charge in [0.1, 0.15) is 0 Å². The molecule has 0 fully saturated rings. The van der Waals surface area contributed by atoms with Crippen LogP contribution in [0.4, 0.5) is 0 Å². The Labute approximate surface area is 42.2 Å². The number of nitrogens with one attached hydrogen (secondary N) is 2. The van der Waals surface area contributed by atoms with Gasteiger partial charge in [-0.25, -0.2) is 11.0 Å². The second kappa shape index (κ2) is 5.36. The maximum atomic E-state index is 9.26. The molecule has 0 aliphatic rings. The van der Waals surface area contributed by atoms with Crippen LogP contribution in [0.5, 0.6) is 0 Å². The van der Waals surface area contributed by atoms with Crippen molar-refractivity contribution < 1.29 is 0 Å². The number of hydrogen-bond acceptors (Lipinski definition) is 3. The second-order valence-electron chi connectivity index (χ2n) is 1.13. The Morgan fingerprint density at radius 1 is 1.71 bits per heavy atom. The summed E-state index contributed by atoms with van der Waals surface area (Å²) >= 11 is 0. The number of hydrogen-bond donors (Lipinski definition) is 2. The first-order chi connectivity index (χ1) is 3.41. The number of rotatable bonds is 4. The lowest BCUT2D eigenvalue weighted by Crippen LogP contribution is -2.26. The van der Waals surface area contributed by atoms with Gasteiger partial charge in [-0.05, 0) is 6.42 Å². The number of hydrazine groups is 1. The summed E-state index contributed by atoms with van der Waals surface area (Å²) < 4.78 is 0. The summed E-state index contributed by atoms with van der Waals surface area (Å²) in [6.07, 6.45) is 0.989. The highest BCUT2D eigenvalue weighted by molar-refractivity contribution is 4.29. The maximum Gasteiger partial charge on any atom is 0.0656 e. The van der Waals surface area contributed by atoms with Gasteiger partial charge in [0.2, 0.25) is 0 Å². The van der Waals surface area contributed by atoms with E-state index >= 15 is 0 Å². The molecule has 0 aromatic heterocycles. The van der Waals surface area contributed by atoms with Gasteiger partial charge in [0.05, 0.1) is 5.29 Å². The van der Waals surface area contributed by atoms with Crippen LogP contribution in [0.2, 0.25) is 0 Å². The highest BCUT2D eigenvalue weighted by Gasteiger charge is 1.73. The number of nitroso groups, excluding NO2 is 1. The van der Waals surface area contributed by atoms with Crippen LogP contribution in [0.15, 0.2) is 5.29 Å². The lowest BCUT2D eigenvalue weighted by Gasteiger charge is -1.93. The lowest BCUT2D eigenvalue weighted by atomic mass is 10.5. The van der Waals surface area contributed by atoms with E-state index in [-0.39, 0.29) is 0 Å². The van der Waals surface area contributed by atoms with E-state index in [9.17, 15) is 4.91 Å². The number of nitrogens with zero attached hydrogens (tertiary/aromatic N) is 1. The largest absolute Gasteiger partial charge is 0.218 e. The molecule has 0 saturated carbocycles. The smallest absolute Gasteiger partial charge is 0.0656 e. The van der Waals surface area contributed by atoms with Crippen LogP contribution < -0.4 is 11.0 Å². The van der Waals surface area contributed by atoms with Gasteiger partial charge < -0.3 is 0 Å². The van der Waals surface area contributed by atoms with Crippen molar-refractivity contribution in [1.82, 2.24) is 11.0 Å². The zero-order chi connectivity index (χ0) is 5.54. The Balaban J connectivity index is 2.56. The van der Waals surface area contributed by atoms with Gasteiger partial charge in [-0.2, -0.15) is 0 Å². The fourth-order valence-corrected chi connectivity index (χ4v) is 0.213. The molecule has 42 valence electrons. The fourth-order valence-electron chi connectivity index (χ4n) is 0.213. The van der Waals surface area contributed by atoms with Crippen LogP contribution in [0.1, 0.15) is 13.3 Å². The van der Waals surface area contributed by atoms with Crippen molar-refractivity contribution in [2.45, 2.75) is 13.3 Å². The summed E-state index contributed by atoms with van der Waals surface area (Å²) in [6, 6.07) is 0. The van der Waals surface area contributed by atoms with Crippen molar-refractivity contribution in [1.29, 1.82) is 0 Å². The van der Waals surface area contributed by atoms with Crippen LogP contribution in [0.25, 0.3) is 0 Å². The molecule has 4 heteroatoms. The summed E-state index contributed by atoms with van der Waals surface area (Å²) in [6.45, 7) is 2.77. The van der Waals surface area contributed by atoms with E-state index in [0.29, 0.717) is 0 Å². The van der Waals surface area contributed by atoms with Gasteiger partial charge in [0.25, 0.3) is 0 Å². The van der Waals surface area contributed by atoms with Crippen LogP contribution in [0, 0.1) is 4.91 Å². The van der Waals surface area contributed by atoms with Crippen molar-refractivity contribution in [3.05, 3.63) is 4.91 Å². The molecule has 0 saturated heterocycles. The summed E-state index contributed by atoms with van der Waals surface area (Å²) in [5.41, 5.74) is 4.62. The summed E-state index contributed by atoms with van der Waals surface area (Å²) in [4.78, 5) is 9.26. The zero-order valence-corrected chi connectivity index (χ0v) is 4.27.